The molecule has 0 aliphatic heterocycles. The normalized spacial score (nSPS) is 28.5. The maximum absolute atomic E-state index is 12.4. The largest absolute Gasteiger partial charge is 0.342 e. The fourth-order valence-electron chi connectivity index (χ4n) is 3.79. The van der Waals surface area contributed by atoms with E-state index in [0.717, 1.165) is 12.3 Å². The van der Waals surface area contributed by atoms with E-state index >= 15 is 0 Å². The lowest BCUT2D eigenvalue weighted by molar-refractivity contribution is -0.142. The van der Waals surface area contributed by atoms with Crippen LogP contribution in [0, 0.1) is 17.8 Å². The van der Waals surface area contributed by atoms with Crippen molar-refractivity contribution in [3.05, 3.63) is 0 Å². The second kappa shape index (κ2) is 5.93. The zero-order valence-corrected chi connectivity index (χ0v) is 12.4. The molecular formula is C15H26N2O2. The summed E-state index contributed by atoms with van der Waals surface area (Å²) in [4.78, 5) is 27.9. The van der Waals surface area contributed by atoms with Crippen LogP contribution < -0.4 is 0 Å². The van der Waals surface area contributed by atoms with Gasteiger partial charge in [-0.25, -0.2) is 0 Å². The van der Waals surface area contributed by atoms with E-state index in [1.807, 2.05) is 13.8 Å². The van der Waals surface area contributed by atoms with Crippen molar-refractivity contribution in [3.63, 3.8) is 0 Å². The zero-order chi connectivity index (χ0) is 14.0. The molecule has 0 N–H and O–H groups in total. The minimum atomic E-state index is 0.0593. The van der Waals surface area contributed by atoms with Crippen LogP contribution in [0.1, 0.15) is 39.5 Å². The van der Waals surface area contributed by atoms with Gasteiger partial charge in [-0.3, -0.25) is 9.59 Å². The molecule has 0 aromatic carbocycles. The van der Waals surface area contributed by atoms with Crippen LogP contribution in [0.3, 0.4) is 0 Å². The third-order valence-electron chi connectivity index (χ3n) is 4.92. The zero-order valence-electron chi connectivity index (χ0n) is 12.4. The molecule has 2 rings (SSSR count). The molecule has 2 aliphatic carbocycles. The van der Waals surface area contributed by atoms with E-state index in [9.17, 15) is 9.59 Å². The van der Waals surface area contributed by atoms with Crippen LogP contribution in [-0.4, -0.2) is 48.3 Å². The topological polar surface area (TPSA) is 40.6 Å². The molecule has 2 amide bonds. The summed E-state index contributed by atoms with van der Waals surface area (Å²) in [6, 6.07) is 0. The Kier molecular flexibility index (Phi) is 4.48. The summed E-state index contributed by atoms with van der Waals surface area (Å²) < 4.78 is 0. The first-order valence-corrected chi connectivity index (χ1v) is 7.59. The van der Waals surface area contributed by atoms with Gasteiger partial charge in [0.2, 0.25) is 11.8 Å². The fraction of sp³-hybridized carbons (Fsp3) is 0.867. The summed E-state index contributed by atoms with van der Waals surface area (Å²) in [6.45, 7) is 5.60. The van der Waals surface area contributed by atoms with Crippen molar-refractivity contribution < 1.29 is 9.59 Å². The van der Waals surface area contributed by atoms with E-state index in [1.54, 1.807) is 16.8 Å². The summed E-state index contributed by atoms with van der Waals surface area (Å²) in [5.41, 5.74) is 0. The molecular weight excluding hydrogens is 240 g/mol. The van der Waals surface area contributed by atoms with Crippen molar-refractivity contribution in [3.8, 4) is 0 Å². The SMILES string of the molecule is CCN(CC)C(=O)CN(C)C(=O)C1CC2CCC1C2. The molecule has 108 valence electrons. The van der Waals surface area contributed by atoms with Crippen LogP contribution >= 0.6 is 0 Å². The molecule has 2 aliphatic rings. The molecule has 19 heavy (non-hydrogen) atoms. The van der Waals surface area contributed by atoms with E-state index < -0.39 is 0 Å². The quantitative estimate of drug-likeness (QED) is 0.760. The Balaban J connectivity index is 1.87. The lowest BCUT2D eigenvalue weighted by Gasteiger charge is -2.28. The van der Waals surface area contributed by atoms with Crippen LogP contribution in [0.2, 0.25) is 0 Å². The number of nitrogens with zero attached hydrogens (tertiary/aromatic N) is 2. The van der Waals surface area contributed by atoms with Gasteiger partial charge in [-0.1, -0.05) is 6.42 Å². The Hall–Kier alpha value is -1.06. The van der Waals surface area contributed by atoms with Gasteiger partial charge < -0.3 is 9.80 Å². The van der Waals surface area contributed by atoms with Gasteiger partial charge >= 0.3 is 0 Å². The molecule has 0 aromatic rings. The fourth-order valence-corrected chi connectivity index (χ4v) is 3.79. The van der Waals surface area contributed by atoms with Crippen molar-refractivity contribution in [2.75, 3.05) is 26.7 Å². The van der Waals surface area contributed by atoms with E-state index in [2.05, 4.69) is 0 Å². The molecule has 3 unspecified atom stereocenters. The standard InChI is InChI=1S/C15H26N2O2/c1-4-17(5-2)14(18)10-16(3)15(19)13-9-11-6-7-12(13)8-11/h11-13H,4-10H2,1-3H3. The highest BCUT2D eigenvalue weighted by atomic mass is 16.2. The average molecular weight is 266 g/mol. The minimum absolute atomic E-state index is 0.0593. The number of rotatable bonds is 5. The van der Waals surface area contributed by atoms with Crippen LogP contribution in [0.5, 0.6) is 0 Å². The molecule has 4 nitrogen and oxygen atoms in total. The van der Waals surface area contributed by atoms with Crippen LogP contribution in [0.25, 0.3) is 0 Å². The number of fused-ring (bicyclic) bond motifs is 2. The number of hydrogen-bond donors (Lipinski definition) is 0. The number of hydrogen-bond acceptors (Lipinski definition) is 2. The van der Waals surface area contributed by atoms with Crippen molar-refractivity contribution in [2.24, 2.45) is 17.8 Å². The van der Waals surface area contributed by atoms with Crippen LogP contribution in [-0.2, 0) is 9.59 Å². The first-order valence-electron chi connectivity index (χ1n) is 7.59. The van der Waals surface area contributed by atoms with Crippen molar-refractivity contribution in [1.29, 1.82) is 0 Å². The Morgan fingerprint density at radius 3 is 2.26 bits per heavy atom. The van der Waals surface area contributed by atoms with Crippen molar-refractivity contribution in [1.82, 2.24) is 9.80 Å². The lowest BCUT2D eigenvalue weighted by Crippen LogP contribution is -2.43. The third-order valence-corrected chi connectivity index (χ3v) is 4.92. The van der Waals surface area contributed by atoms with Gasteiger partial charge in [0.15, 0.2) is 0 Å². The molecule has 0 aromatic heterocycles. The summed E-state index contributed by atoms with van der Waals surface area (Å²) in [7, 11) is 1.77. The van der Waals surface area contributed by atoms with Crippen molar-refractivity contribution in [2.45, 2.75) is 39.5 Å². The number of carbonyl (C=O) groups is 2. The lowest BCUT2D eigenvalue weighted by atomic mass is 9.88. The number of amides is 2. The molecule has 4 heteroatoms. The first-order chi connectivity index (χ1) is 9.06. The van der Waals surface area contributed by atoms with E-state index in [-0.39, 0.29) is 24.3 Å². The Morgan fingerprint density at radius 1 is 1.11 bits per heavy atom. The summed E-state index contributed by atoms with van der Waals surface area (Å²) in [5, 5.41) is 0. The van der Waals surface area contributed by atoms with Gasteiger partial charge in [0.1, 0.15) is 0 Å². The van der Waals surface area contributed by atoms with Crippen molar-refractivity contribution >= 4 is 11.8 Å². The highest BCUT2D eigenvalue weighted by Crippen LogP contribution is 2.48. The van der Waals surface area contributed by atoms with Gasteiger partial charge in [0, 0.05) is 26.1 Å². The first kappa shape index (κ1) is 14.4. The molecule has 2 fully saturated rings. The number of carbonyl (C=O) groups excluding carboxylic acids is 2. The van der Waals surface area contributed by atoms with Crippen LogP contribution in [0.4, 0.5) is 0 Å². The predicted octanol–water partition coefficient (Wildman–Crippen LogP) is 1.75. The third kappa shape index (κ3) is 2.93. The van der Waals surface area contributed by atoms with E-state index in [4.69, 9.17) is 0 Å². The molecule has 0 saturated heterocycles. The Bertz CT molecular complexity index is 352. The second-order valence-electron chi connectivity index (χ2n) is 6.04. The summed E-state index contributed by atoms with van der Waals surface area (Å²) in [6.07, 6.45) is 4.79. The molecule has 2 bridgehead atoms. The van der Waals surface area contributed by atoms with Crippen LogP contribution in [0.15, 0.2) is 0 Å². The second-order valence-corrected chi connectivity index (χ2v) is 6.04. The molecule has 0 spiro atoms. The smallest absolute Gasteiger partial charge is 0.242 e. The summed E-state index contributed by atoms with van der Waals surface area (Å²) in [5.74, 6) is 1.79. The molecule has 0 heterocycles. The van der Waals surface area contributed by atoms with Gasteiger partial charge in [-0.05, 0) is 44.9 Å². The highest BCUT2D eigenvalue weighted by Gasteiger charge is 2.44. The van der Waals surface area contributed by atoms with Gasteiger partial charge in [-0.15, -0.1) is 0 Å². The monoisotopic (exact) mass is 266 g/mol. The molecule has 0 radical (unpaired) electrons. The van der Waals surface area contributed by atoms with E-state index in [0.29, 0.717) is 19.0 Å². The number of likely N-dealkylation sites (N-methyl/N-ethyl adjacent to an activating group) is 2. The Morgan fingerprint density at radius 2 is 1.79 bits per heavy atom. The predicted molar refractivity (Wildman–Crippen MR) is 74.5 cm³/mol. The summed E-state index contributed by atoms with van der Waals surface area (Å²) >= 11 is 0. The molecule has 3 atom stereocenters. The maximum atomic E-state index is 12.4. The van der Waals surface area contributed by atoms with Gasteiger partial charge in [-0.2, -0.15) is 0 Å². The van der Waals surface area contributed by atoms with Gasteiger partial charge in [0.05, 0.1) is 6.54 Å². The van der Waals surface area contributed by atoms with Gasteiger partial charge in [0.25, 0.3) is 0 Å². The average Bonchev–Trinajstić information content (AvgIpc) is 3.01. The Labute approximate surface area is 116 Å². The van der Waals surface area contributed by atoms with E-state index in [1.165, 1.54) is 19.3 Å². The highest BCUT2D eigenvalue weighted by molar-refractivity contribution is 5.86. The maximum Gasteiger partial charge on any atom is 0.242 e. The minimum Gasteiger partial charge on any atom is -0.342 e. The molecule has 2 saturated carbocycles.